The number of rotatable bonds is 5. The molecule has 0 aromatic carbocycles. The zero-order valence-corrected chi connectivity index (χ0v) is 10.3. The lowest BCUT2D eigenvalue weighted by Crippen LogP contribution is -2.15. The summed E-state index contributed by atoms with van der Waals surface area (Å²) in [4.78, 5) is 14.1. The molecule has 1 rings (SSSR count). The van der Waals surface area contributed by atoms with E-state index in [2.05, 4.69) is 10.3 Å². The molecular formula is C9H13N3O4S. The fraction of sp³-hybridized carbons (Fsp3) is 0.444. The number of sulfone groups is 1. The molecule has 0 aliphatic rings. The van der Waals surface area contributed by atoms with E-state index < -0.39 is 14.8 Å². The first kappa shape index (κ1) is 13.4. The fourth-order valence-corrected chi connectivity index (χ4v) is 1.66. The Morgan fingerprint density at radius 1 is 1.53 bits per heavy atom. The summed E-state index contributed by atoms with van der Waals surface area (Å²) in [5, 5.41) is 13.4. The Kier molecular flexibility index (Phi) is 4.00. The van der Waals surface area contributed by atoms with Crippen LogP contribution in [0.3, 0.4) is 0 Å². The number of aryl methyl sites for hydroxylation is 1. The van der Waals surface area contributed by atoms with Gasteiger partial charge in [-0.05, 0) is 12.5 Å². The standard InChI is InChI=1S/C9H13N3O4S/c1-7-5-8(12(13)14)9(11-6-7)10-3-4-17(2,15)16/h5-6H,3-4H2,1-2H3,(H,10,11). The van der Waals surface area contributed by atoms with Crippen LogP contribution in [0.5, 0.6) is 0 Å². The van der Waals surface area contributed by atoms with Gasteiger partial charge >= 0.3 is 5.69 Å². The molecule has 0 saturated heterocycles. The minimum Gasteiger partial charge on any atom is -0.363 e. The smallest absolute Gasteiger partial charge is 0.311 e. The normalized spacial score (nSPS) is 11.2. The molecule has 0 spiro atoms. The molecule has 1 aromatic heterocycles. The Labute approximate surface area is 98.9 Å². The van der Waals surface area contributed by atoms with Crippen molar-refractivity contribution in [1.82, 2.24) is 4.98 Å². The topological polar surface area (TPSA) is 102 Å². The summed E-state index contributed by atoms with van der Waals surface area (Å²) in [6.07, 6.45) is 2.58. The first-order valence-corrected chi connectivity index (χ1v) is 6.88. The van der Waals surface area contributed by atoms with Gasteiger partial charge in [-0.3, -0.25) is 10.1 Å². The number of hydrogen-bond donors (Lipinski definition) is 1. The van der Waals surface area contributed by atoms with Crippen molar-refractivity contribution in [3.8, 4) is 0 Å². The Hall–Kier alpha value is -1.70. The Balaban J connectivity index is 2.81. The molecule has 94 valence electrons. The lowest BCUT2D eigenvalue weighted by molar-refractivity contribution is -0.384. The highest BCUT2D eigenvalue weighted by atomic mass is 32.2. The molecule has 8 heteroatoms. The predicted octanol–water partition coefficient (Wildman–Crippen LogP) is 0.755. The van der Waals surface area contributed by atoms with E-state index in [9.17, 15) is 18.5 Å². The van der Waals surface area contributed by atoms with E-state index in [0.717, 1.165) is 6.26 Å². The van der Waals surface area contributed by atoms with Gasteiger partial charge in [-0.2, -0.15) is 0 Å². The summed E-state index contributed by atoms with van der Waals surface area (Å²) < 4.78 is 21.8. The summed E-state index contributed by atoms with van der Waals surface area (Å²) >= 11 is 0. The van der Waals surface area contributed by atoms with Crippen LogP contribution in [0.15, 0.2) is 12.3 Å². The number of pyridine rings is 1. The average Bonchev–Trinajstić information content (AvgIpc) is 2.18. The molecule has 0 radical (unpaired) electrons. The fourth-order valence-electron chi connectivity index (χ4n) is 1.18. The van der Waals surface area contributed by atoms with Gasteiger partial charge in [-0.25, -0.2) is 13.4 Å². The van der Waals surface area contributed by atoms with Crippen LogP contribution in [0, 0.1) is 17.0 Å². The molecule has 0 saturated carbocycles. The highest BCUT2D eigenvalue weighted by molar-refractivity contribution is 7.90. The molecule has 1 heterocycles. The summed E-state index contributed by atoms with van der Waals surface area (Å²) in [7, 11) is -3.10. The number of aromatic nitrogens is 1. The minimum absolute atomic E-state index is 0.0873. The molecule has 0 fully saturated rings. The van der Waals surface area contributed by atoms with E-state index in [-0.39, 0.29) is 23.8 Å². The van der Waals surface area contributed by atoms with Crippen LogP contribution in [0.2, 0.25) is 0 Å². The highest BCUT2D eigenvalue weighted by Gasteiger charge is 2.15. The van der Waals surface area contributed by atoms with Crippen molar-refractivity contribution in [1.29, 1.82) is 0 Å². The van der Waals surface area contributed by atoms with E-state index >= 15 is 0 Å². The SMILES string of the molecule is Cc1cnc(NCCS(C)(=O)=O)c([N+](=O)[O-])c1. The van der Waals surface area contributed by atoms with Crippen molar-refractivity contribution in [2.45, 2.75) is 6.92 Å². The number of nitro groups is 1. The third kappa shape index (κ3) is 4.35. The van der Waals surface area contributed by atoms with Crippen molar-refractivity contribution in [3.05, 3.63) is 27.9 Å². The molecule has 0 atom stereocenters. The number of nitrogens with one attached hydrogen (secondary N) is 1. The molecular weight excluding hydrogens is 246 g/mol. The van der Waals surface area contributed by atoms with Crippen LogP contribution >= 0.6 is 0 Å². The largest absolute Gasteiger partial charge is 0.363 e. The van der Waals surface area contributed by atoms with Crippen LogP contribution in [-0.2, 0) is 9.84 Å². The van der Waals surface area contributed by atoms with E-state index in [4.69, 9.17) is 0 Å². The monoisotopic (exact) mass is 259 g/mol. The molecule has 1 N–H and O–H groups in total. The highest BCUT2D eigenvalue weighted by Crippen LogP contribution is 2.21. The summed E-state index contributed by atoms with van der Waals surface area (Å²) in [6.45, 7) is 1.79. The van der Waals surface area contributed by atoms with Crippen molar-refractivity contribution < 1.29 is 13.3 Å². The second-order valence-electron chi connectivity index (χ2n) is 3.69. The van der Waals surface area contributed by atoms with Crippen molar-refractivity contribution in [2.75, 3.05) is 23.9 Å². The predicted molar refractivity (Wildman–Crippen MR) is 63.8 cm³/mol. The summed E-state index contributed by atoms with van der Waals surface area (Å²) in [6, 6.07) is 1.38. The van der Waals surface area contributed by atoms with Crippen LogP contribution in [0.25, 0.3) is 0 Å². The van der Waals surface area contributed by atoms with E-state index in [1.165, 1.54) is 12.3 Å². The second-order valence-corrected chi connectivity index (χ2v) is 5.95. The second kappa shape index (κ2) is 5.09. The zero-order valence-electron chi connectivity index (χ0n) is 9.50. The third-order valence-electron chi connectivity index (χ3n) is 1.97. The maximum Gasteiger partial charge on any atom is 0.311 e. The Morgan fingerprint density at radius 3 is 2.71 bits per heavy atom. The van der Waals surface area contributed by atoms with Crippen LogP contribution in [-0.4, -0.2) is 36.9 Å². The molecule has 0 bridgehead atoms. The van der Waals surface area contributed by atoms with Crippen molar-refractivity contribution in [3.63, 3.8) is 0 Å². The number of anilines is 1. The zero-order chi connectivity index (χ0) is 13.1. The third-order valence-corrected chi connectivity index (χ3v) is 2.91. The van der Waals surface area contributed by atoms with Crippen molar-refractivity contribution in [2.24, 2.45) is 0 Å². The van der Waals surface area contributed by atoms with Gasteiger partial charge in [0, 0.05) is 25.1 Å². The average molecular weight is 259 g/mol. The lowest BCUT2D eigenvalue weighted by Gasteiger charge is -2.05. The molecule has 0 amide bonds. The van der Waals surface area contributed by atoms with Gasteiger partial charge in [-0.15, -0.1) is 0 Å². The molecule has 0 aliphatic heterocycles. The van der Waals surface area contributed by atoms with Crippen LogP contribution in [0.1, 0.15) is 5.56 Å². The molecule has 0 unspecified atom stereocenters. The van der Waals surface area contributed by atoms with Gasteiger partial charge in [0.15, 0.2) is 0 Å². The van der Waals surface area contributed by atoms with Gasteiger partial charge in [0.25, 0.3) is 0 Å². The van der Waals surface area contributed by atoms with E-state index in [1.54, 1.807) is 6.92 Å². The molecule has 17 heavy (non-hydrogen) atoms. The van der Waals surface area contributed by atoms with Crippen LogP contribution < -0.4 is 5.32 Å². The maximum absolute atomic E-state index is 10.9. The number of nitrogens with zero attached hydrogens (tertiary/aromatic N) is 2. The molecule has 7 nitrogen and oxygen atoms in total. The minimum atomic E-state index is -3.10. The first-order chi connectivity index (χ1) is 7.79. The Bertz CT molecular complexity index is 527. The van der Waals surface area contributed by atoms with Gasteiger partial charge in [0.05, 0.1) is 10.7 Å². The van der Waals surface area contributed by atoms with E-state index in [1.807, 2.05) is 0 Å². The maximum atomic E-state index is 10.9. The van der Waals surface area contributed by atoms with Crippen molar-refractivity contribution >= 4 is 21.3 Å². The van der Waals surface area contributed by atoms with Gasteiger partial charge in [0.1, 0.15) is 9.84 Å². The first-order valence-electron chi connectivity index (χ1n) is 4.82. The lowest BCUT2D eigenvalue weighted by atomic mass is 10.3. The number of hydrogen-bond acceptors (Lipinski definition) is 6. The quantitative estimate of drug-likeness (QED) is 0.618. The molecule has 0 aliphatic carbocycles. The van der Waals surface area contributed by atoms with Gasteiger partial charge in [0.2, 0.25) is 5.82 Å². The van der Waals surface area contributed by atoms with Gasteiger partial charge in [-0.1, -0.05) is 0 Å². The van der Waals surface area contributed by atoms with Gasteiger partial charge < -0.3 is 5.32 Å². The molecule has 1 aromatic rings. The Morgan fingerprint density at radius 2 is 2.18 bits per heavy atom. The summed E-state index contributed by atoms with van der Waals surface area (Å²) in [5.74, 6) is -0.0102. The van der Waals surface area contributed by atoms with Crippen LogP contribution in [0.4, 0.5) is 11.5 Å². The summed E-state index contributed by atoms with van der Waals surface area (Å²) in [5.41, 5.74) is 0.517. The van der Waals surface area contributed by atoms with E-state index in [0.29, 0.717) is 5.56 Å².